The van der Waals surface area contributed by atoms with Crippen LogP contribution in [0.1, 0.15) is 6.92 Å². The standard InChI is InChI=1S/C9H8N2.C3H6O2/c1-2-4-8(5-3-1)9-6-7-10-11-9;1-2-5-3-4/h1-7H,(H,10,11);3H,2H2,1H3. The van der Waals surface area contributed by atoms with E-state index in [0.29, 0.717) is 13.1 Å². The molecule has 1 aromatic carbocycles. The topological polar surface area (TPSA) is 55.0 Å². The van der Waals surface area contributed by atoms with Gasteiger partial charge in [0, 0.05) is 6.20 Å². The summed E-state index contributed by atoms with van der Waals surface area (Å²) in [7, 11) is 0. The Labute approximate surface area is 94.3 Å². The quantitative estimate of drug-likeness (QED) is 0.804. The minimum absolute atomic E-state index is 0.431. The van der Waals surface area contributed by atoms with Gasteiger partial charge in [-0.05, 0) is 18.6 Å². The fourth-order valence-electron chi connectivity index (χ4n) is 1.10. The summed E-state index contributed by atoms with van der Waals surface area (Å²) in [5, 5.41) is 6.78. The van der Waals surface area contributed by atoms with E-state index in [1.54, 1.807) is 13.1 Å². The number of hydrogen-bond donors (Lipinski definition) is 1. The van der Waals surface area contributed by atoms with Crippen LogP contribution in [0.4, 0.5) is 0 Å². The van der Waals surface area contributed by atoms with E-state index in [1.807, 2.05) is 36.4 Å². The fourth-order valence-corrected chi connectivity index (χ4v) is 1.10. The average molecular weight is 218 g/mol. The second kappa shape index (κ2) is 7.23. The third-order valence-electron chi connectivity index (χ3n) is 1.82. The highest BCUT2D eigenvalue weighted by atomic mass is 16.5. The van der Waals surface area contributed by atoms with Gasteiger partial charge in [0.2, 0.25) is 0 Å². The summed E-state index contributed by atoms with van der Waals surface area (Å²) < 4.78 is 4.15. The number of aromatic nitrogens is 2. The molecule has 0 aliphatic rings. The summed E-state index contributed by atoms with van der Waals surface area (Å²) >= 11 is 0. The van der Waals surface area contributed by atoms with E-state index in [0.717, 1.165) is 5.69 Å². The monoisotopic (exact) mass is 218 g/mol. The van der Waals surface area contributed by atoms with Gasteiger partial charge in [-0.1, -0.05) is 30.3 Å². The number of benzene rings is 1. The molecular weight excluding hydrogens is 204 g/mol. The first-order chi connectivity index (χ1) is 7.88. The van der Waals surface area contributed by atoms with Crippen LogP contribution in [0.5, 0.6) is 0 Å². The lowest BCUT2D eigenvalue weighted by atomic mass is 10.2. The number of nitrogens with zero attached hydrogens (tertiary/aromatic N) is 1. The Kier molecular flexibility index (Phi) is 5.41. The first-order valence-electron chi connectivity index (χ1n) is 4.98. The van der Waals surface area contributed by atoms with Crippen LogP contribution in [0.25, 0.3) is 11.3 Å². The van der Waals surface area contributed by atoms with E-state index in [9.17, 15) is 4.79 Å². The van der Waals surface area contributed by atoms with E-state index >= 15 is 0 Å². The molecule has 4 nitrogen and oxygen atoms in total. The van der Waals surface area contributed by atoms with Gasteiger partial charge in [0.1, 0.15) is 0 Å². The number of H-pyrrole nitrogens is 1. The van der Waals surface area contributed by atoms with Crippen molar-refractivity contribution in [3.63, 3.8) is 0 Å². The van der Waals surface area contributed by atoms with Crippen molar-refractivity contribution < 1.29 is 9.53 Å². The van der Waals surface area contributed by atoms with Gasteiger partial charge in [-0.25, -0.2) is 0 Å². The molecule has 1 aromatic heterocycles. The molecule has 0 fully saturated rings. The van der Waals surface area contributed by atoms with Crippen LogP contribution in [0.2, 0.25) is 0 Å². The van der Waals surface area contributed by atoms with E-state index in [1.165, 1.54) is 5.56 Å². The van der Waals surface area contributed by atoms with Crippen LogP contribution in [0, 0.1) is 0 Å². The first-order valence-corrected chi connectivity index (χ1v) is 4.98. The lowest BCUT2D eigenvalue weighted by Gasteiger charge is -1.93. The maximum atomic E-state index is 9.18. The number of rotatable bonds is 3. The van der Waals surface area contributed by atoms with Crippen LogP contribution in [-0.2, 0) is 9.53 Å². The van der Waals surface area contributed by atoms with Crippen molar-refractivity contribution in [2.75, 3.05) is 6.61 Å². The molecule has 0 amide bonds. The van der Waals surface area contributed by atoms with Crippen molar-refractivity contribution in [3.05, 3.63) is 42.6 Å². The summed E-state index contributed by atoms with van der Waals surface area (Å²) in [6.07, 6.45) is 1.75. The minimum atomic E-state index is 0.431. The number of aromatic amines is 1. The van der Waals surface area contributed by atoms with Crippen LogP contribution < -0.4 is 0 Å². The van der Waals surface area contributed by atoms with Gasteiger partial charge in [0.25, 0.3) is 6.47 Å². The zero-order valence-corrected chi connectivity index (χ0v) is 9.09. The molecule has 0 unspecified atom stereocenters. The molecule has 0 saturated heterocycles. The highest BCUT2D eigenvalue weighted by Gasteiger charge is 1.94. The number of ether oxygens (including phenoxy) is 1. The zero-order chi connectivity index (χ0) is 11.6. The van der Waals surface area contributed by atoms with Crippen LogP contribution in [0.15, 0.2) is 42.6 Å². The molecule has 0 aliphatic carbocycles. The maximum Gasteiger partial charge on any atom is 0.293 e. The fraction of sp³-hybridized carbons (Fsp3) is 0.167. The minimum Gasteiger partial charge on any atom is -0.468 e. The molecule has 4 heteroatoms. The summed E-state index contributed by atoms with van der Waals surface area (Å²) in [4.78, 5) is 9.18. The maximum absolute atomic E-state index is 9.18. The highest BCUT2D eigenvalue weighted by molar-refractivity contribution is 5.57. The second-order valence-electron chi connectivity index (χ2n) is 2.89. The molecule has 2 aromatic rings. The molecule has 1 N–H and O–H groups in total. The molecule has 2 rings (SSSR count). The zero-order valence-electron chi connectivity index (χ0n) is 9.09. The van der Waals surface area contributed by atoms with Gasteiger partial charge >= 0.3 is 0 Å². The average Bonchev–Trinajstić information content (AvgIpc) is 2.86. The van der Waals surface area contributed by atoms with Crippen molar-refractivity contribution in [1.29, 1.82) is 0 Å². The second-order valence-corrected chi connectivity index (χ2v) is 2.89. The molecule has 0 atom stereocenters. The third kappa shape index (κ3) is 3.96. The van der Waals surface area contributed by atoms with E-state index in [4.69, 9.17) is 0 Å². The van der Waals surface area contributed by atoms with Gasteiger partial charge in [-0.15, -0.1) is 0 Å². The van der Waals surface area contributed by atoms with Crippen molar-refractivity contribution in [3.8, 4) is 11.3 Å². The highest BCUT2D eigenvalue weighted by Crippen LogP contribution is 2.13. The van der Waals surface area contributed by atoms with E-state index in [-0.39, 0.29) is 0 Å². The Bertz CT molecular complexity index is 385. The van der Waals surface area contributed by atoms with Crippen molar-refractivity contribution >= 4 is 6.47 Å². The van der Waals surface area contributed by atoms with Gasteiger partial charge < -0.3 is 4.74 Å². The lowest BCUT2D eigenvalue weighted by molar-refractivity contribution is -0.128. The molecule has 0 saturated carbocycles. The molecular formula is C12H14N2O2. The van der Waals surface area contributed by atoms with Crippen molar-refractivity contribution in [1.82, 2.24) is 10.2 Å². The Hall–Kier alpha value is -2.10. The van der Waals surface area contributed by atoms with Crippen molar-refractivity contribution in [2.45, 2.75) is 6.92 Å². The molecule has 0 aliphatic heterocycles. The van der Waals surface area contributed by atoms with Crippen LogP contribution in [-0.4, -0.2) is 23.3 Å². The number of hydrogen-bond acceptors (Lipinski definition) is 3. The first kappa shape index (κ1) is 12.0. The number of carbonyl (C=O) groups excluding carboxylic acids is 1. The van der Waals surface area contributed by atoms with E-state index < -0.39 is 0 Å². The van der Waals surface area contributed by atoms with Crippen LogP contribution >= 0.6 is 0 Å². The molecule has 84 valence electrons. The summed E-state index contributed by atoms with van der Waals surface area (Å²) in [5.41, 5.74) is 2.23. The van der Waals surface area contributed by atoms with Crippen LogP contribution in [0.3, 0.4) is 0 Å². The molecule has 0 spiro atoms. The largest absolute Gasteiger partial charge is 0.468 e. The van der Waals surface area contributed by atoms with Gasteiger partial charge in [-0.2, -0.15) is 5.10 Å². The predicted octanol–water partition coefficient (Wildman–Crippen LogP) is 2.26. The Morgan fingerprint density at radius 1 is 1.31 bits per heavy atom. The van der Waals surface area contributed by atoms with Gasteiger partial charge in [-0.3, -0.25) is 9.89 Å². The van der Waals surface area contributed by atoms with E-state index in [2.05, 4.69) is 14.9 Å². The predicted molar refractivity (Wildman–Crippen MR) is 61.7 cm³/mol. The normalized spacial score (nSPS) is 8.81. The smallest absolute Gasteiger partial charge is 0.293 e. The van der Waals surface area contributed by atoms with Gasteiger partial charge in [0.05, 0.1) is 12.3 Å². The molecule has 0 bridgehead atoms. The third-order valence-corrected chi connectivity index (χ3v) is 1.82. The Morgan fingerprint density at radius 3 is 2.50 bits per heavy atom. The van der Waals surface area contributed by atoms with Gasteiger partial charge in [0.15, 0.2) is 0 Å². The Balaban J connectivity index is 0.000000221. The summed E-state index contributed by atoms with van der Waals surface area (Å²) in [6.45, 7) is 2.66. The molecule has 0 radical (unpaired) electrons. The van der Waals surface area contributed by atoms with Crippen molar-refractivity contribution in [2.24, 2.45) is 0 Å². The Morgan fingerprint density at radius 2 is 2.06 bits per heavy atom. The number of nitrogens with one attached hydrogen (secondary N) is 1. The SMILES string of the molecule is CCOC=O.c1ccc(-c2ccn[nH]2)cc1. The summed E-state index contributed by atoms with van der Waals surface area (Å²) in [6, 6.07) is 12.1. The molecule has 16 heavy (non-hydrogen) atoms. The summed E-state index contributed by atoms with van der Waals surface area (Å²) in [5.74, 6) is 0. The lowest BCUT2D eigenvalue weighted by Crippen LogP contribution is -1.80. The number of carbonyl (C=O) groups is 1. The molecule has 1 heterocycles.